The maximum atomic E-state index is 12.0. The Morgan fingerprint density at radius 3 is 2.65 bits per heavy atom. The average molecular weight is 274 g/mol. The molecule has 5 nitrogen and oxygen atoms in total. The summed E-state index contributed by atoms with van der Waals surface area (Å²) in [6.07, 6.45) is 1.98. The van der Waals surface area contributed by atoms with E-state index in [1.807, 2.05) is 6.92 Å². The van der Waals surface area contributed by atoms with Crippen molar-refractivity contribution in [1.82, 2.24) is 5.32 Å². The summed E-state index contributed by atoms with van der Waals surface area (Å²) in [6, 6.07) is 9.36. The van der Waals surface area contributed by atoms with Crippen molar-refractivity contribution in [3.8, 4) is 5.75 Å². The summed E-state index contributed by atoms with van der Waals surface area (Å²) in [5.74, 6) is 0.648. The van der Waals surface area contributed by atoms with Gasteiger partial charge in [-0.25, -0.2) is 0 Å². The molecule has 0 bridgehead atoms. The van der Waals surface area contributed by atoms with Crippen molar-refractivity contribution in [3.05, 3.63) is 54.0 Å². The molecular weight excluding hydrogens is 256 g/mol. The van der Waals surface area contributed by atoms with Crippen LogP contribution in [0.4, 0.5) is 0 Å². The van der Waals surface area contributed by atoms with Gasteiger partial charge in [0.05, 0.1) is 18.3 Å². The number of nitrogens with two attached hydrogens (primary N) is 1. The molecule has 1 amide bonds. The monoisotopic (exact) mass is 274 g/mol. The molecule has 0 saturated carbocycles. The molecule has 0 saturated heterocycles. The van der Waals surface area contributed by atoms with Crippen LogP contribution in [0.25, 0.3) is 0 Å². The first-order valence-corrected chi connectivity index (χ1v) is 6.43. The second-order valence-corrected chi connectivity index (χ2v) is 4.72. The Labute approximate surface area is 117 Å². The van der Waals surface area contributed by atoms with Gasteiger partial charge in [0.25, 0.3) is 0 Å². The van der Waals surface area contributed by atoms with Crippen molar-refractivity contribution in [1.29, 1.82) is 0 Å². The molecule has 2 aromatic rings. The number of phenolic OH excluding ortho intramolecular Hbond substituents is 1. The van der Waals surface area contributed by atoms with Gasteiger partial charge in [0.15, 0.2) is 0 Å². The minimum atomic E-state index is -0.642. The maximum absolute atomic E-state index is 12.0. The molecule has 5 heteroatoms. The fourth-order valence-corrected chi connectivity index (χ4v) is 1.91. The predicted octanol–water partition coefficient (Wildman–Crippen LogP) is 1.73. The molecule has 0 spiro atoms. The lowest BCUT2D eigenvalue weighted by molar-refractivity contribution is -0.123. The zero-order valence-electron chi connectivity index (χ0n) is 11.2. The van der Waals surface area contributed by atoms with E-state index in [0.29, 0.717) is 12.2 Å². The Bertz CT molecular complexity index is 549. The van der Waals surface area contributed by atoms with Crippen LogP contribution >= 0.6 is 0 Å². The van der Waals surface area contributed by atoms with Crippen molar-refractivity contribution in [2.24, 2.45) is 5.73 Å². The van der Waals surface area contributed by atoms with Crippen LogP contribution in [0.15, 0.2) is 47.1 Å². The SMILES string of the molecule is C[C@H](NC(=O)[C@H](N)Cc1ccc(O)cc1)c1ccco1. The summed E-state index contributed by atoms with van der Waals surface area (Å²) in [6.45, 7) is 1.84. The van der Waals surface area contributed by atoms with Gasteiger partial charge < -0.3 is 20.6 Å². The molecule has 0 unspecified atom stereocenters. The highest BCUT2D eigenvalue weighted by molar-refractivity contribution is 5.82. The van der Waals surface area contributed by atoms with Gasteiger partial charge in [-0.3, -0.25) is 4.79 Å². The van der Waals surface area contributed by atoms with E-state index in [9.17, 15) is 9.90 Å². The highest BCUT2D eigenvalue weighted by Crippen LogP contribution is 2.13. The van der Waals surface area contributed by atoms with Crippen LogP contribution in [-0.2, 0) is 11.2 Å². The van der Waals surface area contributed by atoms with E-state index in [2.05, 4.69) is 5.32 Å². The minimum Gasteiger partial charge on any atom is -0.508 e. The summed E-state index contributed by atoms with van der Waals surface area (Å²) in [5.41, 5.74) is 6.78. The Hall–Kier alpha value is -2.27. The largest absolute Gasteiger partial charge is 0.508 e. The summed E-state index contributed by atoms with van der Waals surface area (Å²) in [7, 11) is 0. The number of phenols is 1. The van der Waals surface area contributed by atoms with Gasteiger partial charge in [0.2, 0.25) is 5.91 Å². The molecule has 1 heterocycles. The third kappa shape index (κ3) is 3.61. The van der Waals surface area contributed by atoms with Crippen molar-refractivity contribution < 1.29 is 14.3 Å². The number of carbonyl (C=O) groups is 1. The Balaban J connectivity index is 1.90. The quantitative estimate of drug-likeness (QED) is 0.774. The van der Waals surface area contributed by atoms with E-state index in [1.165, 1.54) is 0 Å². The lowest BCUT2D eigenvalue weighted by Crippen LogP contribution is -2.42. The number of hydrogen-bond donors (Lipinski definition) is 3. The fraction of sp³-hybridized carbons (Fsp3) is 0.267. The second kappa shape index (κ2) is 6.25. The summed E-state index contributed by atoms with van der Waals surface area (Å²) >= 11 is 0. The highest BCUT2D eigenvalue weighted by Gasteiger charge is 2.18. The number of carbonyl (C=O) groups excluding carboxylic acids is 1. The first-order chi connectivity index (χ1) is 9.56. The van der Waals surface area contributed by atoms with Crippen molar-refractivity contribution in [3.63, 3.8) is 0 Å². The Morgan fingerprint density at radius 1 is 1.35 bits per heavy atom. The standard InChI is InChI=1S/C15H18N2O3/c1-10(14-3-2-8-20-14)17-15(19)13(16)9-11-4-6-12(18)7-5-11/h2-8,10,13,18H,9,16H2,1H3,(H,17,19)/t10-,13+/m0/s1. The first-order valence-electron chi connectivity index (χ1n) is 6.43. The smallest absolute Gasteiger partial charge is 0.237 e. The minimum absolute atomic E-state index is 0.193. The lowest BCUT2D eigenvalue weighted by Gasteiger charge is -2.16. The molecule has 0 aliphatic heterocycles. The number of nitrogens with one attached hydrogen (secondary N) is 1. The molecule has 106 valence electrons. The molecule has 20 heavy (non-hydrogen) atoms. The molecule has 0 fully saturated rings. The van der Waals surface area contributed by atoms with Crippen LogP contribution in [0.2, 0.25) is 0 Å². The summed E-state index contributed by atoms with van der Waals surface area (Å²) in [5, 5.41) is 12.0. The predicted molar refractivity (Wildman–Crippen MR) is 75.1 cm³/mol. The molecule has 1 aromatic heterocycles. The summed E-state index contributed by atoms with van der Waals surface area (Å²) < 4.78 is 5.22. The molecule has 2 atom stereocenters. The van der Waals surface area contributed by atoms with Crippen LogP contribution < -0.4 is 11.1 Å². The number of amides is 1. The van der Waals surface area contributed by atoms with Crippen LogP contribution in [0.5, 0.6) is 5.75 Å². The van der Waals surface area contributed by atoms with Crippen LogP contribution in [0.3, 0.4) is 0 Å². The average Bonchev–Trinajstić information content (AvgIpc) is 2.95. The Kier molecular flexibility index (Phi) is 4.42. The normalized spacial score (nSPS) is 13.7. The Morgan fingerprint density at radius 2 is 2.05 bits per heavy atom. The fourth-order valence-electron chi connectivity index (χ4n) is 1.91. The van der Waals surface area contributed by atoms with Crippen molar-refractivity contribution in [2.45, 2.75) is 25.4 Å². The zero-order chi connectivity index (χ0) is 14.5. The van der Waals surface area contributed by atoms with E-state index >= 15 is 0 Å². The van der Waals surface area contributed by atoms with E-state index in [1.54, 1.807) is 42.7 Å². The maximum Gasteiger partial charge on any atom is 0.237 e. The van der Waals surface area contributed by atoms with E-state index in [4.69, 9.17) is 10.2 Å². The van der Waals surface area contributed by atoms with Gasteiger partial charge in [0.1, 0.15) is 11.5 Å². The van der Waals surface area contributed by atoms with Crippen LogP contribution in [0, 0.1) is 0 Å². The summed E-state index contributed by atoms with van der Waals surface area (Å²) in [4.78, 5) is 12.0. The van der Waals surface area contributed by atoms with Gasteiger partial charge in [-0.05, 0) is 43.2 Å². The molecule has 0 aliphatic rings. The molecule has 4 N–H and O–H groups in total. The number of aromatic hydroxyl groups is 1. The second-order valence-electron chi connectivity index (χ2n) is 4.72. The van der Waals surface area contributed by atoms with E-state index < -0.39 is 6.04 Å². The van der Waals surface area contributed by atoms with E-state index in [-0.39, 0.29) is 17.7 Å². The molecule has 0 radical (unpaired) electrons. The van der Waals surface area contributed by atoms with Gasteiger partial charge >= 0.3 is 0 Å². The third-order valence-corrected chi connectivity index (χ3v) is 3.06. The van der Waals surface area contributed by atoms with Gasteiger partial charge in [0, 0.05) is 0 Å². The molecule has 1 aromatic carbocycles. The van der Waals surface area contributed by atoms with E-state index in [0.717, 1.165) is 5.56 Å². The molecule has 2 rings (SSSR count). The zero-order valence-corrected chi connectivity index (χ0v) is 11.2. The lowest BCUT2D eigenvalue weighted by atomic mass is 10.1. The first kappa shape index (κ1) is 14.1. The number of hydrogen-bond acceptors (Lipinski definition) is 4. The molecular formula is C15H18N2O3. The topological polar surface area (TPSA) is 88.5 Å². The van der Waals surface area contributed by atoms with Crippen molar-refractivity contribution >= 4 is 5.91 Å². The number of furan rings is 1. The highest BCUT2D eigenvalue weighted by atomic mass is 16.3. The van der Waals surface area contributed by atoms with Crippen molar-refractivity contribution in [2.75, 3.05) is 0 Å². The van der Waals surface area contributed by atoms with Gasteiger partial charge in [-0.2, -0.15) is 0 Å². The van der Waals surface area contributed by atoms with Crippen LogP contribution in [-0.4, -0.2) is 17.1 Å². The number of rotatable bonds is 5. The third-order valence-electron chi connectivity index (χ3n) is 3.06. The van der Waals surface area contributed by atoms with Gasteiger partial charge in [-0.15, -0.1) is 0 Å². The van der Waals surface area contributed by atoms with Gasteiger partial charge in [-0.1, -0.05) is 12.1 Å². The molecule has 0 aliphatic carbocycles. The van der Waals surface area contributed by atoms with Crippen LogP contribution in [0.1, 0.15) is 24.3 Å². The number of benzene rings is 1.